The maximum Gasteiger partial charge on any atom is 0.278 e. The zero-order valence-electron chi connectivity index (χ0n) is 17.9. The molecule has 160 valence electrons. The maximum atomic E-state index is 12.5. The average Bonchev–Trinajstić information content (AvgIpc) is 2.78. The van der Waals surface area contributed by atoms with E-state index in [0.717, 1.165) is 5.56 Å². The van der Waals surface area contributed by atoms with Crippen LogP contribution in [0, 0.1) is 0 Å². The molecule has 3 rings (SSSR count). The van der Waals surface area contributed by atoms with Gasteiger partial charge in [0.15, 0.2) is 11.9 Å². The first-order valence-corrected chi connectivity index (χ1v) is 10.2. The predicted molar refractivity (Wildman–Crippen MR) is 114 cm³/mol. The molecule has 1 heterocycles. The van der Waals surface area contributed by atoms with Crippen LogP contribution >= 0.6 is 0 Å². The Morgan fingerprint density at radius 3 is 2.03 bits per heavy atom. The number of carbonyl (C=O) groups is 3. The monoisotopic (exact) mass is 411 g/mol. The van der Waals surface area contributed by atoms with Crippen LogP contribution in [0.5, 0.6) is 0 Å². The minimum atomic E-state index is -0.764. The van der Waals surface area contributed by atoms with E-state index in [2.05, 4.69) is 0 Å². The zero-order chi connectivity index (χ0) is 22.1. The van der Waals surface area contributed by atoms with Gasteiger partial charge in [-0.1, -0.05) is 67.6 Å². The molecule has 3 unspecified atom stereocenters. The standard InChI is InChI=1S/C20H21NO4.C4H8O/c1-3-24-19-17(15-10-6-4-7-11-15)21(20(19)23)25-14(2)18(22)16-12-8-5-9-13-16;1-3-4(2)5/h4-14,17,19H,3H2,1-2H3;3H2,1-2H3. The quantitative estimate of drug-likeness (QED) is 0.482. The van der Waals surface area contributed by atoms with Crippen LogP contribution in [-0.4, -0.2) is 41.4 Å². The smallest absolute Gasteiger partial charge is 0.278 e. The summed E-state index contributed by atoms with van der Waals surface area (Å²) in [7, 11) is 0. The summed E-state index contributed by atoms with van der Waals surface area (Å²) >= 11 is 0. The van der Waals surface area contributed by atoms with Crippen LogP contribution in [0.15, 0.2) is 60.7 Å². The Hall–Kier alpha value is -2.83. The molecule has 0 bridgehead atoms. The third kappa shape index (κ3) is 5.84. The molecule has 0 spiro atoms. The van der Waals surface area contributed by atoms with Crippen LogP contribution in [0.2, 0.25) is 0 Å². The highest BCUT2D eigenvalue weighted by atomic mass is 16.7. The van der Waals surface area contributed by atoms with Crippen molar-refractivity contribution in [3.8, 4) is 0 Å². The van der Waals surface area contributed by atoms with Gasteiger partial charge < -0.3 is 9.53 Å². The van der Waals surface area contributed by atoms with Crippen molar-refractivity contribution >= 4 is 17.5 Å². The number of nitrogens with zero attached hydrogens (tertiary/aromatic N) is 1. The van der Waals surface area contributed by atoms with Crippen molar-refractivity contribution in [2.45, 2.75) is 52.4 Å². The lowest BCUT2D eigenvalue weighted by atomic mass is 9.93. The number of carbonyl (C=O) groups excluding carboxylic acids is 3. The fourth-order valence-corrected chi connectivity index (χ4v) is 2.91. The minimum Gasteiger partial charge on any atom is -0.366 e. The molecule has 2 aromatic rings. The van der Waals surface area contributed by atoms with Crippen LogP contribution in [0.3, 0.4) is 0 Å². The fraction of sp³-hybridized carbons (Fsp3) is 0.375. The number of hydrogen-bond acceptors (Lipinski definition) is 5. The van der Waals surface area contributed by atoms with Crippen LogP contribution < -0.4 is 0 Å². The summed E-state index contributed by atoms with van der Waals surface area (Å²) in [4.78, 5) is 40.4. The molecule has 1 aliphatic rings. The van der Waals surface area contributed by atoms with Gasteiger partial charge in [0, 0.05) is 18.6 Å². The number of benzene rings is 2. The molecule has 30 heavy (non-hydrogen) atoms. The second kappa shape index (κ2) is 11.4. The lowest BCUT2D eigenvalue weighted by Crippen LogP contribution is -2.60. The average molecular weight is 411 g/mol. The summed E-state index contributed by atoms with van der Waals surface area (Å²) in [6.07, 6.45) is -0.674. The summed E-state index contributed by atoms with van der Waals surface area (Å²) in [5.74, 6) is -0.173. The van der Waals surface area contributed by atoms with E-state index in [4.69, 9.17) is 9.57 Å². The molecule has 0 saturated carbocycles. The normalized spacial score (nSPS) is 18.7. The molecule has 3 atom stereocenters. The number of β-lactam (4-membered cyclic amide) rings is 1. The van der Waals surface area contributed by atoms with Crippen LogP contribution in [0.1, 0.15) is 56.1 Å². The molecule has 1 fully saturated rings. The molecule has 6 heteroatoms. The predicted octanol–water partition coefficient (Wildman–Crippen LogP) is 4.16. The first-order chi connectivity index (χ1) is 14.4. The Morgan fingerprint density at radius 1 is 1.00 bits per heavy atom. The highest BCUT2D eigenvalue weighted by Gasteiger charge is 2.51. The van der Waals surface area contributed by atoms with Crippen molar-refractivity contribution in [2.75, 3.05) is 6.61 Å². The molecular weight excluding hydrogens is 382 g/mol. The molecule has 0 aromatic heterocycles. The number of ketones is 2. The van der Waals surface area contributed by atoms with Gasteiger partial charge in [-0.15, -0.1) is 0 Å². The van der Waals surface area contributed by atoms with Crippen LogP contribution in [-0.2, 0) is 19.2 Å². The van der Waals surface area contributed by atoms with Crippen molar-refractivity contribution in [3.63, 3.8) is 0 Å². The third-order valence-corrected chi connectivity index (χ3v) is 4.68. The first-order valence-electron chi connectivity index (χ1n) is 10.2. The van der Waals surface area contributed by atoms with Crippen molar-refractivity contribution in [1.82, 2.24) is 5.06 Å². The van der Waals surface area contributed by atoms with Gasteiger partial charge in [-0.2, -0.15) is 0 Å². The number of hydrogen-bond donors (Lipinski definition) is 0. The van der Waals surface area contributed by atoms with Gasteiger partial charge >= 0.3 is 0 Å². The number of ether oxygens (including phenoxy) is 1. The molecule has 0 radical (unpaired) electrons. The van der Waals surface area contributed by atoms with Gasteiger partial charge in [0.25, 0.3) is 5.91 Å². The van der Waals surface area contributed by atoms with E-state index in [1.54, 1.807) is 38.1 Å². The van der Waals surface area contributed by atoms with Gasteiger partial charge in [-0.3, -0.25) is 14.4 Å². The molecule has 1 saturated heterocycles. The van der Waals surface area contributed by atoms with Gasteiger partial charge in [-0.25, -0.2) is 5.06 Å². The molecule has 1 aliphatic heterocycles. The van der Waals surface area contributed by atoms with E-state index < -0.39 is 12.2 Å². The number of rotatable bonds is 8. The van der Waals surface area contributed by atoms with Gasteiger partial charge in [0.1, 0.15) is 17.9 Å². The largest absolute Gasteiger partial charge is 0.366 e. The topological polar surface area (TPSA) is 72.9 Å². The Labute approximate surface area is 177 Å². The van der Waals surface area contributed by atoms with Gasteiger partial charge in [0.2, 0.25) is 0 Å². The van der Waals surface area contributed by atoms with E-state index >= 15 is 0 Å². The van der Waals surface area contributed by atoms with Gasteiger partial charge in [0.05, 0.1) is 0 Å². The lowest BCUT2D eigenvalue weighted by Gasteiger charge is -2.45. The van der Waals surface area contributed by atoms with Crippen LogP contribution in [0.25, 0.3) is 0 Å². The number of Topliss-reactive ketones (excluding diaryl/α,β-unsaturated/α-hetero) is 2. The zero-order valence-corrected chi connectivity index (χ0v) is 17.9. The molecule has 6 nitrogen and oxygen atoms in total. The number of hydroxylamine groups is 2. The van der Waals surface area contributed by atoms with Crippen molar-refractivity contribution < 1.29 is 24.0 Å². The van der Waals surface area contributed by atoms with E-state index in [1.807, 2.05) is 50.2 Å². The molecule has 0 N–H and O–H groups in total. The molecular formula is C24H29NO5. The van der Waals surface area contributed by atoms with Crippen LogP contribution in [0.4, 0.5) is 0 Å². The summed E-state index contributed by atoms with van der Waals surface area (Å²) < 4.78 is 5.56. The van der Waals surface area contributed by atoms with E-state index in [0.29, 0.717) is 18.6 Å². The second-order valence-electron chi connectivity index (χ2n) is 6.93. The maximum absolute atomic E-state index is 12.5. The summed E-state index contributed by atoms with van der Waals surface area (Å²) in [6, 6.07) is 18.1. The Balaban J connectivity index is 0.000000575. The third-order valence-electron chi connectivity index (χ3n) is 4.68. The number of amides is 1. The fourth-order valence-electron chi connectivity index (χ4n) is 2.91. The van der Waals surface area contributed by atoms with Crippen molar-refractivity contribution in [3.05, 3.63) is 71.8 Å². The Morgan fingerprint density at radius 2 is 1.53 bits per heavy atom. The Kier molecular flexibility index (Phi) is 8.89. The van der Waals surface area contributed by atoms with E-state index in [9.17, 15) is 14.4 Å². The Bertz CT molecular complexity index is 837. The molecule has 1 amide bonds. The summed E-state index contributed by atoms with van der Waals surface area (Å²) in [5, 5.41) is 1.27. The van der Waals surface area contributed by atoms with E-state index in [1.165, 1.54) is 5.06 Å². The highest BCUT2D eigenvalue weighted by molar-refractivity contribution is 5.99. The highest BCUT2D eigenvalue weighted by Crippen LogP contribution is 2.37. The van der Waals surface area contributed by atoms with Crippen molar-refractivity contribution in [1.29, 1.82) is 0 Å². The summed E-state index contributed by atoms with van der Waals surface area (Å²) in [5.41, 5.74) is 1.47. The SMILES string of the molecule is CCC(C)=O.CCOC1C(=O)N(OC(C)C(=O)c2ccccc2)C1c1ccccc1. The van der Waals surface area contributed by atoms with Gasteiger partial charge in [-0.05, 0) is 26.3 Å². The van der Waals surface area contributed by atoms with Crippen molar-refractivity contribution in [2.24, 2.45) is 0 Å². The van der Waals surface area contributed by atoms with E-state index in [-0.39, 0.29) is 23.5 Å². The minimum absolute atomic E-state index is 0.167. The first kappa shape index (κ1) is 23.4. The second-order valence-corrected chi connectivity index (χ2v) is 6.93. The summed E-state index contributed by atoms with van der Waals surface area (Å²) in [6.45, 7) is 7.37. The molecule has 0 aliphatic carbocycles. The lowest BCUT2D eigenvalue weighted by molar-refractivity contribution is -0.270. The molecule has 2 aromatic carbocycles.